The van der Waals surface area contributed by atoms with Gasteiger partial charge in [0.25, 0.3) is 0 Å². The van der Waals surface area contributed by atoms with Crippen LogP contribution in [0.15, 0.2) is 42.5 Å². The first-order valence-electron chi connectivity index (χ1n) is 5.85. The van der Waals surface area contributed by atoms with E-state index in [2.05, 4.69) is 5.32 Å². The summed E-state index contributed by atoms with van der Waals surface area (Å²) in [4.78, 5) is 0. The summed E-state index contributed by atoms with van der Waals surface area (Å²) in [5, 5.41) is 3.70. The topological polar surface area (TPSA) is 12.0 Å². The van der Waals surface area contributed by atoms with Gasteiger partial charge in [0.15, 0.2) is 0 Å². The van der Waals surface area contributed by atoms with Crippen molar-refractivity contribution < 1.29 is 4.39 Å². The molecule has 1 unspecified atom stereocenters. The predicted octanol–water partition coefficient (Wildman–Crippen LogP) is 4.43. The van der Waals surface area contributed by atoms with Gasteiger partial charge in [-0.15, -0.1) is 0 Å². The minimum atomic E-state index is -0.254. The Morgan fingerprint density at radius 1 is 1.11 bits per heavy atom. The van der Waals surface area contributed by atoms with E-state index in [0.29, 0.717) is 10.6 Å². The van der Waals surface area contributed by atoms with Gasteiger partial charge >= 0.3 is 0 Å². The number of hydrogen-bond donors (Lipinski definition) is 1. The molecule has 1 nitrogen and oxygen atoms in total. The molecule has 0 aliphatic heterocycles. The van der Waals surface area contributed by atoms with Gasteiger partial charge in [0.2, 0.25) is 0 Å². The van der Waals surface area contributed by atoms with Gasteiger partial charge in [0, 0.05) is 22.2 Å². The Kier molecular flexibility index (Phi) is 4.00. The van der Waals surface area contributed by atoms with Crippen molar-refractivity contribution in [1.29, 1.82) is 0 Å². The normalized spacial score (nSPS) is 12.4. The minimum absolute atomic E-state index is 0.173. The molecule has 0 saturated carbocycles. The maximum absolute atomic E-state index is 13.9. The summed E-state index contributed by atoms with van der Waals surface area (Å²) in [5.41, 5.74) is 2.30. The van der Waals surface area contributed by atoms with Crippen LogP contribution in [-0.4, -0.2) is 7.05 Å². The Morgan fingerprint density at radius 2 is 1.83 bits per heavy atom. The molecule has 2 rings (SSSR count). The van der Waals surface area contributed by atoms with E-state index < -0.39 is 0 Å². The Morgan fingerprint density at radius 3 is 2.50 bits per heavy atom. The zero-order valence-corrected chi connectivity index (χ0v) is 11.1. The number of hydrogen-bond acceptors (Lipinski definition) is 1. The molecule has 0 aromatic heterocycles. The largest absolute Gasteiger partial charge is 0.313 e. The van der Waals surface area contributed by atoms with Gasteiger partial charge in [-0.25, -0.2) is 4.39 Å². The highest BCUT2D eigenvalue weighted by atomic mass is 35.5. The quantitative estimate of drug-likeness (QED) is 0.864. The lowest BCUT2D eigenvalue weighted by molar-refractivity contribution is 0.622. The molecule has 0 aliphatic rings. The van der Waals surface area contributed by atoms with Crippen LogP contribution < -0.4 is 5.32 Å². The van der Waals surface area contributed by atoms with E-state index in [1.807, 2.05) is 38.2 Å². The highest BCUT2D eigenvalue weighted by Crippen LogP contribution is 2.31. The summed E-state index contributed by atoms with van der Waals surface area (Å²) >= 11 is 6.11. The Balaban J connectivity index is 2.54. The predicted molar refractivity (Wildman–Crippen MR) is 74.3 cm³/mol. The van der Waals surface area contributed by atoms with Crippen LogP contribution in [0.3, 0.4) is 0 Å². The van der Waals surface area contributed by atoms with E-state index >= 15 is 0 Å². The fraction of sp³-hybridized carbons (Fsp3) is 0.200. The van der Waals surface area contributed by atoms with Crippen molar-refractivity contribution in [3.63, 3.8) is 0 Å². The average Bonchev–Trinajstić information content (AvgIpc) is 2.39. The molecule has 0 fully saturated rings. The van der Waals surface area contributed by atoms with Gasteiger partial charge in [0.05, 0.1) is 0 Å². The maximum atomic E-state index is 13.9. The van der Waals surface area contributed by atoms with Gasteiger partial charge < -0.3 is 5.32 Å². The molecule has 3 heteroatoms. The van der Waals surface area contributed by atoms with E-state index in [1.54, 1.807) is 12.1 Å². The number of halogens is 2. The molecule has 1 atom stereocenters. The fourth-order valence-electron chi connectivity index (χ4n) is 1.86. The lowest BCUT2D eigenvalue weighted by Crippen LogP contribution is -2.12. The second-order valence-electron chi connectivity index (χ2n) is 4.23. The third-order valence-corrected chi connectivity index (χ3v) is 3.42. The van der Waals surface area contributed by atoms with Crippen LogP contribution in [0.4, 0.5) is 4.39 Å². The number of nitrogens with one attached hydrogen (secondary N) is 1. The van der Waals surface area contributed by atoms with Crippen LogP contribution in [0.1, 0.15) is 18.5 Å². The summed E-state index contributed by atoms with van der Waals surface area (Å²) < 4.78 is 13.9. The van der Waals surface area contributed by atoms with Gasteiger partial charge in [-0.1, -0.05) is 35.9 Å². The van der Waals surface area contributed by atoms with Crippen LogP contribution in [0.2, 0.25) is 5.02 Å². The summed E-state index contributed by atoms with van der Waals surface area (Å²) in [7, 11) is 1.88. The standard InChI is InChI=1S/C15H15ClFN/c1-10(18-2)11-7-8-15(17)13(9-11)12-5-3-4-6-14(12)16/h3-10,18H,1-2H3. The first kappa shape index (κ1) is 13.1. The maximum Gasteiger partial charge on any atom is 0.131 e. The third-order valence-electron chi connectivity index (χ3n) is 3.09. The van der Waals surface area contributed by atoms with Crippen LogP contribution >= 0.6 is 11.6 Å². The molecule has 0 aliphatic carbocycles. The highest BCUT2D eigenvalue weighted by molar-refractivity contribution is 6.33. The highest BCUT2D eigenvalue weighted by Gasteiger charge is 2.11. The summed E-state index contributed by atoms with van der Waals surface area (Å²) in [6.45, 7) is 2.03. The van der Waals surface area contributed by atoms with Gasteiger partial charge in [0.1, 0.15) is 5.82 Å². The van der Waals surface area contributed by atoms with Gasteiger partial charge in [-0.3, -0.25) is 0 Å². The third kappa shape index (κ3) is 2.55. The van der Waals surface area contributed by atoms with Crippen LogP contribution in [0, 0.1) is 5.82 Å². The molecule has 0 amide bonds. The minimum Gasteiger partial charge on any atom is -0.313 e. The van der Waals surface area contributed by atoms with Crippen LogP contribution in [-0.2, 0) is 0 Å². The van der Waals surface area contributed by atoms with E-state index in [1.165, 1.54) is 6.07 Å². The summed E-state index contributed by atoms with van der Waals surface area (Å²) in [6, 6.07) is 12.6. The SMILES string of the molecule is CNC(C)c1ccc(F)c(-c2ccccc2Cl)c1. The van der Waals surface area contributed by atoms with Crippen molar-refractivity contribution in [2.75, 3.05) is 7.05 Å². The van der Waals surface area contributed by atoms with E-state index in [-0.39, 0.29) is 11.9 Å². The van der Waals surface area contributed by atoms with E-state index in [0.717, 1.165) is 11.1 Å². The van der Waals surface area contributed by atoms with Crippen molar-refractivity contribution in [2.45, 2.75) is 13.0 Å². The zero-order chi connectivity index (χ0) is 13.1. The molecule has 0 radical (unpaired) electrons. The first-order valence-corrected chi connectivity index (χ1v) is 6.23. The van der Waals surface area contributed by atoms with Gasteiger partial charge in [-0.2, -0.15) is 0 Å². The lowest BCUT2D eigenvalue weighted by Gasteiger charge is -2.13. The average molecular weight is 264 g/mol. The van der Waals surface area contributed by atoms with Crippen molar-refractivity contribution in [3.05, 3.63) is 58.9 Å². The van der Waals surface area contributed by atoms with Crippen molar-refractivity contribution in [3.8, 4) is 11.1 Å². The molecule has 0 bridgehead atoms. The number of benzene rings is 2. The van der Waals surface area contributed by atoms with E-state index in [9.17, 15) is 4.39 Å². The zero-order valence-electron chi connectivity index (χ0n) is 10.4. The molecule has 94 valence electrons. The van der Waals surface area contributed by atoms with Gasteiger partial charge in [-0.05, 0) is 37.7 Å². The van der Waals surface area contributed by atoms with Crippen LogP contribution in [0.5, 0.6) is 0 Å². The van der Waals surface area contributed by atoms with Crippen molar-refractivity contribution in [2.24, 2.45) is 0 Å². The van der Waals surface area contributed by atoms with Crippen molar-refractivity contribution in [1.82, 2.24) is 5.32 Å². The fourth-order valence-corrected chi connectivity index (χ4v) is 2.10. The smallest absolute Gasteiger partial charge is 0.131 e. The first-order chi connectivity index (χ1) is 8.63. The van der Waals surface area contributed by atoms with E-state index in [4.69, 9.17) is 11.6 Å². The Labute approximate surface area is 112 Å². The molecular formula is C15H15ClFN. The molecular weight excluding hydrogens is 249 g/mol. The second kappa shape index (κ2) is 5.51. The van der Waals surface area contributed by atoms with Crippen LogP contribution in [0.25, 0.3) is 11.1 Å². The summed E-state index contributed by atoms with van der Waals surface area (Å²) in [6.07, 6.45) is 0. The molecule has 2 aromatic carbocycles. The monoisotopic (exact) mass is 263 g/mol. The summed E-state index contributed by atoms with van der Waals surface area (Å²) in [5.74, 6) is -0.254. The molecule has 1 N–H and O–H groups in total. The lowest BCUT2D eigenvalue weighted by atomic mass is 9.99. The molecule has 0 heterocycles. The Bertz CT molecular complexity index is 554. The van der Waals surface area contributed by atoms with Crippen molar-refractivity contribution >= 4 is 11.6 Å². The Hall–Kier alpha value is -1.38. The molecule has 18 heavy (non-hydrogen) atoms. The molecule has 0 spiro atoms. The molecule has 2 aromatic rings. The number of rotatable bonds is 3. The molecule has 0 saturated heterocycles. The second-order valence-corrected chi connectivity index (χ2v) is 4.64.